The Morgan fingerprint density at radius 2 is 2.18 bits per heavy atom. The Bertz CT molecular complexity index is 405. The van der Waals surface area contributed by atoms with E-state index in [-0.39, 0.29) is 18.3 Å². The third kappa shape index (κ3) is 3.71. The fourth-order valence-electron chi connectivity index (χ4n) is 1.25. The molecule has 0 saturated carbocycles. The van der Waals surface area contributed by atoms with E-state index in [1.165, 1.54) is 17.0 Å². The summed E-state index contributed by atoms with van der Waals surface area (Å²) in [5.74, 6) is -0.511. The highest BCUT2D eigenvalue weighted by atomic mass is 19.1. The van der Waals surface area contributed by atoms with Crippen LogP contribution in [0.2, 0.25) is 0 Å². The van der Waals surface area contributed by atoms with Crippen molar-refractivity contribution in [1.82, 2.24) is 4.90 Å². The summed E-state index contributed by atoms with van der Waals surface area (Å²) in [6.07, 6.45) is -0.778. The SMILES string of the molecule is C[C@@H](O)c1ccc(F)cc1OCC(=O)N(C)C. The van der Waals surface area contributed by atoms with Gasteiger partial charge in [-0.05, 0) is 19.1 Å². The van der Waals surface area contributed by atoms with Gasteiger partial charge in [0.25, 0.3) is 5.91 Å². The maximum Gasteiger partial charge on any atom is 0.259 e. The van der Waals surface area contributed by atoms with E-state index in [1.807, 2.05) is 0 Å². The molecule has 0 aliphatic carbocycles. The molecule has 0 fully saturated rings. The highest BCUT2D eigenvalue weighted by Crippen LogP contribution is 2.25. The number of amides is 1. The standard InChI is InChI=1S/C12H16FNO3/c1-8(15)10-5-4-9(13)6-11(10)17-7-12(16)14(2)3/h4-6,8,15H,7H2,1-3H3/t8-/m1/s1. The van der Waals surface area contributed by atoms with Crippen molar-refractivity contribution in [2.24, 2.45) is 0 Å². The Balaban J connectivity index is 2.82. The van der Waals surface area contributed by atoms with Crippen LogP contribution in [0, 0.1) is 5.82 Å². The Kier molecular flexibility index (Phi) is 4.45. The summed E-state index contributed by atoms with van der Waals surface area (Å²) >= 11 is 0. The lowest BCUT2D eigenvalue weighted by Crippen LogP contribution is -2.27. The number of aliphatic hydroxyl groups is 1. The molecule has 94 valence electrons. The Morgan fingerprint density at radius 1 is 1.53 bits per heavy atom. The van der Waals surface area contributed by atoms with Crippen LogP contribution in [0.1, 0.15) is 18.6 Å². The summed E-state index contributed by atoms with van der Waals surface area (Å²) in [4.78, 5) is 12.7. The number of hydrogen-bond donors (Lipinski definition) is 1. The van der Waals surface area contributed by atoms with Gasteiger partial charge in [-0.2, -0.15) is 0 Å². The van der Waals surface area contributed by atoms with E-state index in [9.17, 15) is 14.3 Å². The van der Waals surface area contributed by atoms with Crippen molar-refractivity contribution in [2.45, 2.75) is 13.0 Å². The van der Waals surface area contributed by atoms with Gasteiger partial charge in [0.15, 0.2) is 6.61 Å². The molecule has 1 atom stereocenters. The molecule has 4 nitrogen and oxygen atoms in total. The molecule has 5 heteroatoms. The van der Waals surface area contributed by atoms with Crippen molar-refractivity contribution in [3.63, 3.8) is 0 Å². The van der Waals surface area contributed by atoms with Gasteiger partial charge in [-0.3, -0.25) is 4.79 Å². The number of hydrogen-bond acceptors (Lipinski definition) is 3. The predicted molar refractivity (Wildman–Crippen MR) is 61.2 cm³/mol. The van der Waals surface area contributed by atoms with Gasteiger partial charge in [0.05, 0.1) is 6.10 Å². The second kappa shape index (κ2) is 5.63. The second-order valence-corrected chi connectivity index (χ2v) is 3.93. The van der Waals surface area contributed by atoms with Gasteiger partial charge in [0.2, 0.25) is 0 Å². The number of carbonyl (C=O) groups is 1. The van der Waals surface area contributed by atoms with Crippen LogP contribution in [0.4, 0.5) is 4.39 Å². The Labute approximate surface area is 99.6 Å². The number of likely N-dealkylation sites (N-methyl/N-ethyl adjacent to an activating group) is 1. The van der Waals surface area contributed by atoms with Gasteiger partial charge >= 0.3 is 0 Å². The third-order valence-electron chi connectivity index (χ3n) is 2.28. The van der Waals surface area contributed by atoms with Crippen molar-refractivity contribution >= 4 is 5.91 Å². The van der Waals surface area contributed by atoms with Crippen molar-refractivity contribution in [3.8, 4) is 5.75 Å². The first-order valence-corrected chi connectivity index (χ1v) is 5.22. The molecular formula is C12H16FNO3. The average molecular weight is 241 g/mol. The van der Waals surface area contributed by atoms with E-state index in [0.717, 1.165) is 6.07 Å². The van der Waals surface area contributed by atoms with E-state index < -0.39 is 11.9 Å². The third-order valence-corrected chi connectivity index (χ3v) is 2.28. The minimum atomic E-state index is -0.778. The molecular weight excluding hydrogens is 225 g/mol. The molecule has 17 heavy (non-hydrogen) atoms. The minimum absolute atomic E-state index is 0.184. The average Bonchev–Trinajstić information content (AvgIpc) is 2.25. The molecule has 0 radical (unpaired) electrons. The van der Waals surface area contributed by atoms with Crippen LogP contribution in [0.15, 0.2) is 18.2 Å². The van der Waals surface area contributed by atoms with Crippen LogP contribution in [-0.2, 0) is 4.79 Å². The van der Waals surface area contributed by atoms with Gasteiger partial charge in [0.1, 0.15) is 11.6 Å². The number of halogens is 1. The summed E-state index contributed by atoms with van der Waals surface area (Å²) < 4.78 is 18.2. The summed E-state index contributed by atoms with van der Waals surface area (Å²) in [5.41, 5.74) is 0.456. The number of ether oxygens (including phenoxy) is 1. The molecule has 1 N–H and O–H groups in total. The summed E-state index contributed by atoms with van der Waals surface area (Å²) in [6, 6.07) is 3.84. The van der Waals surface area contributed by atoms with E-state index in [2.05, 4.69) is 0 Å². The first kappa shape index (κ1) is 13.4. The van der Waals surface area contributed by atoms with E-state index in [1.54, 1.807) is 21.0 Å². The largest absolute Gasteiger partial charge is 0.483 e. The normalized spacial score (nSPS) is 12.1. The second-order valence-electron chi connectivity index (χ2n) is 3.93. The van der Waals surface area contributed by atoms with Crippen molar-refractivity contribution in [1.29, 1.82) is 0 Å². The number of nitrogens with zero attached hydrogens (tertiary/aromatic N) is 1. The molecule has 0 heterocycles. The lowest BCUT2D eigenvalue weighted by Gasteiger charge is -2.15. The molecule has 1 amide bonds. The van der Waals surface area contributed by atoms with E-state index in [0.29, 0.717) is 5.56 Å². The number of benzene rings is 1. The molecule has 0 unspecified atom stereocenters. The van der Waals surface area contributed by atoms with Crippen LogP contribution in [-0.4, -0.2) is 36.6 Å². The molecule has 1 aromatic rings. The topological polar surface area (TPSA) is 49.8 Å². The maximum atomic E-state index is 13.0. The summed E-state index contributed by atoms with van der Waals surface area (Å²) in [7, 11) is 3.21. The van der Waals surface area contributed by atoms with Crippen LogP contribution in [0.3, 0.4) is 0 Å². The first-order valence-electron chi connectivity index (χ1n) is 5.22. The fourth-order valence-corrected chi connectivity index (χ4v) is 1.25. The van der Waals surface area contributed by atoms with Gasteiger partial charge < -0.3 is 14.7 Å². The Morgan fingerprint density at radius 3 is 2.71 bits per heavy atom. The zero-order valence-corrected chi connectivity index (χ0v) is 10.1. The monoisotopic (exact) mass is 241 g/mol. The number of rotatable bonds is 4. The zero-order chi connectivity index (χ0) is 13.0. The number of aliphatic hydroxyl groups excluding tert-OH is 1. The molecule has 0 aromatic heterocycles. The molecule has 0 bridgehead atoms. The smallest absolute Gasteiger partial charge is 0.259 e. The molecule has 0 saturated heterocycles. The Hall–Kier alpha value is -1.62. The highest BCUT2D eigenvalue weighted by molar-refractivity contribution is 5.77. The fraction of sp³-hybridized carbons (Fsp3) is 0.417. The first-order chi connectivity index (χ1) is 7.91. The highest BCUT2D eigenvalue weighted by Gasteiger charge is 2.12. The maximum absolute atomic E-state index is 13.0. The van der Waals surface area contributed by atoms with Gasteiger partial charge in [-0.25, -0.2) is 4.39 Å². The van der Waals surface area contributed by atoms with Crippen molar-refractivity contribution < 1.29 is 19.0 Å². The van der Waals surface area contributed by atoms with Gasteiger partial charge in [-0.1, -0.05) is 0 Å². The molecule has 0 spiro atoms. The predicted octanol–water partition coefficient (Wildman–Crippen LogP) is 1.35. The van der Waals surface area contributed by atoms with Gasteiger partial charge in [-0.15, -0.1) is 0 Å². The molecule has 1 rings (SSSR count). The quantitative estimate of drug-likeness (QED) is 0.865. The van der Waals surface area contributed by atoms with Crippen LogP contribution < -0.4 is 4.74 Å². The molecule has 0 aliphatic heterocycles. The zero-order valence-electron chi connectivity index (χ0n) is 10.1. The van der Waals surface area contributed by atoms with Crippen LogP contribution >= 0.6 is 0 Å². The lowest BCUT2D eigenvalue weighted by atomic mass is 10.1. The van der Waals surface area contributed by atoms with Gasteiger partial charge in [0, 0.05) is 25.7 Å². The lowest BCUT2D eigenvalue weighted by molar-refractivity contribution is -0.130. The van der Waals surface area contributed by atoms with E-state index >= 15 is 0 Å². The van der Waals surface area contributed by atoms with E-state index in [4.69, 9.17) is 4.74 Å². The van der Waals surface area contributed by atoms with Crippen LogP contribution in [0.25, 0.3) is 0 Å². The molecule has 0 aliphatic rings. The molecule has 1 aromatic carbocycles. The number of carbonyl (C=O) groups excluding carboxylic acids is 1. The van der Waals surface area contributed by atoms with Crippen LogP contribution in [0.5, 0.6) is 5.75 Å². The summed E-state index contributed by atoms with van der Waals surface area (Å²) in [6.45, 7) is 1.37. The summed E-state index contributed by atoms with van der Waals surface area (Å²) in [5, 5.41) is 9.47. The minimum Gasteiger partial charge on any atom is -0.483 e. The van der Waals surface area contributed by atoms with Crippen molar-refractivity contribution in [2.75, 3.05) is 20.7 Å². The van der Waals surface area contributed by atoms with Crippen molar-refractivity contribution in [3.05, 3.63) is 29.6 Å².